The van der Waals surface area contributed by atoms with Crippen molar-refractivity contribution in [2.24, 2.45) is 40.4 Å². The number of hydrogen-bond donors (Lipinski definition) is 1. The minimum Gasteiger partial charge on any atom is -0.390 e. The van der Waals surface area contributed by atoms with Crippen molar-refractivity contribution >= 4 is 0 Å². The topological polar surface area (TPSA) is 20.2 Å². The van der Waals surface area contributed by atoms with E-state index in [0.717, 1.165) is 42.9 Å². The van der Waals surface area contributed by atoms with Gasteiger partial charge in [-0.25, -0.2) is 0 Å². The summed E-state index contributed by atoms with van der Waals surface area (Å²) in [6.45, 7) is 12.3. The van der Waals surface area contributed by atoms with Gasteiger partial charge in [-0.15, -0.1) is 0 Å². The van der Waals surface area contributed by atoms with Gasteiger partial charge in [0, 0.05) is 0 Å². The molecule has 5 unspecified atom stereocenters. The van der Waals surface area contributed by atoms with Crippen molar-refractivity contribution < 1.29 is 5.11 Å². The van der Waals surface area contributed by atoms with Gasteiger partial charge >= 0.3 is 0 Å². The second-order valence-electron chi connectivity index (χ2n) is 11.5. The maximum absolute atomic E-state index is 10.9. The second kappa shape index (κ2) is 6.89. The van der Waals surface area contributed by atoms with Crippen molar-refractivity contribution in [1.29, 1.82) is 0 Å². The van der Waals surface area contributed by atoms with Crippen molar-refractivity contribution in [3.63, 3.8) is 0 Å². The molecule has 4 aliphatic rings. The standard InChI is InChI=1S/C26H44O/c1-6-8-18(3)21-11-12-22-20-10-9-19-17-26(27,7-2)16-15-24(19,4)23(20)13-14-25(21,22)5/h13,18-22,27H,6-12,14-17H2,1-5H3/t18-,19+,20?,21?,22?,24?,25?,26+/m1/s1. The molecule has 3 fully saturated rings. The minimum atomic E-state index is -0.380. The Hall–Kier alpha value is -0.300. The minimum absolute atomic E-state index is 0.374. The lowest BCUT2D eigenvalue weighted by molar-refractivity contribution is -0.0770. The summed E-state index contributed by atoms with van der Waals surface area (Å²) in [5.74, 6) is 4.30. The van der Waals surface area contributed by atoms with Crippen LogP contribution < -0.4 is 0 Å². The van der Waals surface area contributed by atoms with Crippen LogP contribution in [0, 0.1) is 40.4 Å². The summed E-state index contributed by atoms with van der Waals surface area (Å²) >= 11 is 0. The fourth-order valence-electron chi connectivity index (χ4n) is 8.54. The average Bonchev–Trinajstić information content (AvgIpc) is 3.00. The van der Waals surface area contributed by atoms with Gasteiger partial charge in [-0.2, -0.15) is 0 Å². The normalized spacial score (nSPS) is 50.4. The molecule has 8 atom stereocenters. The first-order valence-electron chi connectivity index (χ1n) is 12.2. The Bertz CT molecular complexity index is 593. The van der Waals surface area contributed by atoms with Crippen LogP contribution in [0.2, 0.25) is 0 Å². The van der Waals surface area contributed by atoms with Gasteiger partial charge < -0.3 is 5.11 Å². The Labute approximate surface area is 168 Å². The van der Waals surface area contributed by atoms with E-state index in [4.69, 9.17) is 0 Å². The van der Waals surface area contributed by atoms with Gasteiger partial charge in [0.1, 0.15) is 0 Å². The molecule has 4 aliphatic carbocycles. The predicted octanol–water partition coefficient (Wildman–Crippen LogP) is 7.14. The molecule has 0 spiro atoms. The lowest BCUT2D eigenvalue weighted by Gasteiger charge is -2.58. The van der Waals surface area contributed by atoms with E-state index >= 15 is 0 Å². The monoisotopic (exact) mass is 372 g/mol. The Morgan fingerprint density at radius 3 is 2.59 bits per heavy atom. The highest BCUT2D eigenvalue weighted by Gasteiger charge is 2.58. The van der Waals surface area contributed by atoms with Crippen LogP contribution in [0.4, 0.5) is 0 Å². The first-order valence-corrected chi connectivity index (χ1v) is 12.2. The van der Waals surface area contributed by atoms with Crippen molar-refractivity contribution in [2.45, 2.75) is 111 Å². The largest absolute Gasteiger partial charge is 0.390 e. The molecule has 0 saturated heterocycles. The van der Waals surface area contributed by atoms with Crippen LogP contribution in [-0.2, 0) is 0 Å². The summed E-state index contributed by atoms with van der Waals surface area (Å²) in [5, 5.41) is 10.9. The molecule has 27 heavy (non-hydrogen) atoms. The van der Waals surface area contributed by atoms with E-state index in [0.29, 0.717) is 16.7 Å². The molecule has 0 aromatic rings. The number of hydrogen-bond acceptors (Lipinski definition) is 1. The van der Waals surface area contributed by atoms with E-state index in [1.165, 1.54) is 51.4 Å². The molecule has 4 rings (SSSR count). The summed E-state index contributed by atoms with van der Waals surface area (Å²) in [6, 6.07) is 0. The molecular weight excluding hydrogens is 328 g/mol. The third-order valence-corrected chi connectivity index (χ3v) is 10.3. The first-order chi connectivity index (χ1) is 12.8. The third-order valence-electron chi connectivity index (χ3n) is 10.3. The fraction of sp³-hybridized carbons (Fsp3) is 0.923. The molecule has 0 aliphatic heterocycles. The number of rotatable bonds is 4. The molecule has 0 bridgehead atoms. The molecule has 0 heterocycles. The molecular formula is C26H44O. The van der Waals surface area contributed by atoms with Gasteiger partial charge in [-0.3, -0.25) is 0 Å². The van der Waals surface area contributed by atoms with Gasteiger partial charge in [0.05, 0.1) is 5.60 Å². The van der Waals surface area contributed by atoms with Crippen LogP contribution in [0.15, 0.2) is 11.6 Å². The van der Waals surface area contributed by atoms with E-state index in [9.17, 15) is 5.11 Å². The van der Waals surface area contributed by atoms with E-state index in [1.54, 1.807) is 0 Å². The smallest absolute Gasteiger partial charge is 0.0648 e. The van der Waals surface area contributed by atoms with Gasteiger partial charge in [-0.1, -0.05) is 59.1 Å². The van der Waals surface area contributed by atoms with Crippen molar-refractivity contribution in [3.05, 3.63) is 11.6 Å². The number of fused-ring (bicyclic) bond motifs is 5. The molecule has 0 aromatic heterocycles. The summed E-state index contributed by atoms with van der Waals surface area (Å²) in [4.78, 5) is 0. The van der Waals surface area contributed by atoms with E-state index in [-0.39, 0.29) is 5.60 Å². The van der Waals surface area contributed by atoms with Gasteiger partial charge in [0.2, 0.25) is 0 Å². The predicted molar refractivity (Wildman–Crippen MR) is 115 cm³/mol. The molecule has 154 valence electrons. The third kappa shape index (κ3) is 2.97. The van der Waals surface area contributed by atoms with Crippen LogP contribution in [0.1, 0.15) is 105 Å². The Balaban J connectivity index is 1.60. The fourth-order valence-corrected chi connectivity index (χ4v) is 8.54. The van der Waals surface area contributed by atoms with Crippen molar-refractivity contribution in [1.82, 2.24) is 0 Å². The molecule has 1 heteroatoms. The summed E-state index contributed by atoms with van der Waals surface area (Å²) in [5.41, 5.74) is 2.38. The molecule has 0 radical (unpaired) electrons. The molecule has 1 nitrogen and oxygen atoms in total. The lowest BCUT2D eigenvalue weighted by atomic mass is 9.47. The van der Waals surface area contributed by atoms with Crippen molar-refractivity contribution in [2.75, 3.05) is 0 Å². The maximum atomic E-state index is 10.9. The number of allylic oxidation sites excluding steroid dienone is 2. The maximum Gasteiger partial charge on any atom is 0.0648 e. The zero-order valence-corrected chi connectivity index (χ0v) is 18.7. The SMILES string of the molecule is CCC[C@@H](C)C1CCC2C3CC[C@H]4C[C@](O)(CC)CCC4(C)C3=CCC21C. The summed E-state index contributed by atoms with van der Waals surface area (Å²) in [6.07, 6.45) is 16.7. The first kappa shape index (κ1) is 20.0. The molecule has 3 saturated carbocycles. The Morgan fingerprint density at radius 1 is 1.11 bits per heavy atom. The van der Waals surface area contributed by atoms with E-state index < -0.39 is 0 Å². The van der Waals surface area contributed by atoms with Gasteiger partial charge in [0.25, 0.3) is 0 Å². The van der Waals surface area contributed by atoms with Crippen molar-refractivity contribution in [3.8, 4) is 0 Å². The van der Waals surface area contributed by atoms with Crippen LogP contribution in [0.5, 0.6) is 0 Å². The summed E-state index contributed by atoms with van der Waals surface area (Å²) < 4.78 is 0. The molecule has 0 aromatic carbocycles. The number of aliphatic hydroxyl groups is 1. The zero-order chi connectivity index (χ0) is 19.4. The highest BCUT2D eigenvalue weighted by Crippen LogP contribution is 2.67. The van der Waals surface area contributed by atoms with Crippen LogP contribution in [0.3, 0.4) is 0 Å². The summed E-state index contributed by atoms with van der Waals surface area (Å²) in [7, 11) is 0. The van der Waals surface area contributed by atoms with Gasteiger partial charge in [-0.05, 0) is 98.2 Å². The highest BCUT2D eigenvalue weighted by atomic mass is 16.3. The highest BCUT2D eigenvalue weighted by molar-refractivity contribution is 5.29. The Morgan fingerprint density at radius 2 is 1.89 bits per heavy atom. The van der Waals surface area contributed by atoms with Crippen LogP contribution in [0.25, 0.3) is 0 Å². The Kier molecular flexibility index (Phi) is 5.10. The van der Waals surface area contributed by atoms with Crippen LogP contribution >= 0.6 is 0 Å². The van der Waals surface area contributed by atoms with E-state index in [1.807, 2.05) is 5.57 Å². The zero-order valence-electron chi connectivity index (χ0n) is 18.7. The average molecular weight is 373 g/mol. The molecule has 0 amide bonds. The second-order valence-corrected chi connectivity index (χ2v) is 11.5. The van der Waals surface area contributed by atoms with Gasteiger partial charge in [0.15, 0.2) is 0 Å². The van der Waals surface area contributed by atoms with E-state index in [2.05, 4.69) is 40.7 Å². The molecule has 1 N–H and O–H groups in total. The quantitative estimate of drug-likeness (QED) is 0.520. The lowest BCUT2D eigenvalue weighted by Crippen LogP contribution is -2.51. The van der Waals surface area contributed by atoms with Crippen LogP contribution in [-0.4, -0.2) is 10.7 Å².